The Bertz CT molecular complexity index is 598. The summed E-state index contributed by atoms with van der Waals surface area (Å²) >= 11 is 0. The second kappa shape index (κ2) is 5.67. The molecule has 0 atom stereocenters. The van der Waals surface area contributed by atoms with Crippen molar-refractivity contribution in [3.63, 3.8) is 0 Å². The van der Waals surface area contributed by atoms with Gasteiger partial charge in [-0.05, 0) is 38.0 Å². The van der Waals surface area contributed by atoms with E-state index in [9.17, 15) is 5.11 Å². The van der Waals surface area contributed by atoms with E-state index in [0.29, 0.717) is 0 Å². The number of pyridine rings is 1. The summed E-state index contributed by atoms with van der Waals surface area (Å²) in [6.07, 6.45) is 3.52. The summed E-state index contributed by atoms with van der Waals surface area (Å²) in [5.41, 5.74) is 8.40. The summed E-state index contributed by atoms with van der Waals surface area (Å²) in [5, 5.41) is 15.2. The number of hydrogen-bond donors (Lipinski definition) is 3. The third-order valence-corrected chi connectivity index (χ3v) is 4.13. The molecule has 1 heterocycles. The second-order valence-corrected chi connectivity index (χ2v) is 5.34. The van der Waals surface area contributed by atoms with Gasteiger partial charge in [-0.1, -0.05) is 13.8 Å². The Morgan fingerprint density at radius 2 is 1.95 bits per heavy atom. The highest BCUT2D eigenvalue weighted by Crippen LogP contribution is 2.31. The molecular formula is C16H23N3O. The SMILES string of the molecule is CCC(CC)(CO)Nc1ccc(N)c2cnc(C)cc12. The van der Waals surface area contributed by atoms with E-state index >= 15 is 0 Å². The molecule has 0 unspecified atom stereocenters. The number of anilines is 2. The first kappa shape index (κ1) is 14.6. The lowest BCUT2D eigenvalue weighted by Crippen LogP contribution is -2.40. The number of nitrogens with one attached hydrogen (secondary N) is 1. The van der Waals surface area contributed by atoms with Crippen molar-refractivity contribution in [3.05, 3.63) is 30.1 Å². The van der Waals surface area contributed by atoms with Crippen molar-refractivity contribution in [3.8, 4) is 0 Å². The van der Waals surface area contributed by atoms with Crippen molar-refractivity contribution in [2.24, 2.45) is 0 Å². The number of aryl methyl sites for hydroxylation is 1. The van der Waals surface area contributed by atoms with Crippen molar-refractivity contribution < 1.29 is 5.11 Å². The molecule has 0 radical (unpaired) electrons. The molecular weight excluding hydrogens is 250 g/mol. The number of nitrogens with zero attached hydrogens (tertiary/aromatic N) is 1. The zero-order valence-electron chi connectivity index (χ0n) is 12.4. The maximum absolute atomic E-state index is 9.72. The monoisotopic (exact) mass is 273 g/mol. The minimum atomic E-state index is -0.291. The van der Waals surface area contributed by atoms with E-state index < -0.39 is 0 Å². The van der Waals surface area contributed by atoms with Crippen LogP contribution < -0.4 is 11.1 Å². The molecule has 20 heavy (non-hydrogen) atoms. The lowest BCUT2D eigenvalue weighted by atomic mass is 9.93. The Kier molecular flexibility index (Phi) is 4.14. The highest BCUT2D eigenvalue weighted by molar-refractivity contribution is 6.01. The predicted molar refractivity (Wildman–Crippen MR) is 84.9 cm³/mol. The van der Waals surface area contributed by atoms with Crippen LogP contribution in [0.5, 0.6) is 0 Å². The largest absolute Gasteiger partial charge is 0.398 e. The molecule has 0 spiro atoms. The van der Waals surface area contributed by atoms with Gasteiger partial charge in [-0.2, -0.15) is 0 Å². The highest BCUT2D eigenvalue weighted by atomic mass is 16.3. The van der Waals surface area contributed by atoms with Gasteiger partial charge in [0.1, 0.15) is 0 Å². The van der Waals surface area contributed by atoms with Crippen LogP contribution in [0.15, 0.2) is 24.4 Å². The van der Waals surface area contributed by atoms with Gasteiger partial charge in [-0.3, -0.25) is 4.98 Å². The van der Waals surface area contributed by atoms with Crippen LogP contribution in [0.3, 0.4) is 0 Å². The van der Waals surface area contributed by atoms with Crippen LogP contribution in [0.25, 0.3) is 10.8 Å². The second-order valence-electron chi connectivity index (χ2n) is 5.34. The van der Waals surface area contributed by atoms with Crippen molar-refractivity contribution in [1.29, 1.82) is 0 Å². The minimum Gasteiger partial charge on any atom is -0.398 e. The normalized spacial score (nSPS) is 11.8. The van der Waals surface area contributed by atoms with E-state index in [1.54, 1.807) is 0 Å². The number of aromatic nitrogens is 1. The molecule has 0 saturated carbocycles. The van der Waals surface area contributed by atoms with Crippen LogP contribution in [0, 0.1) is 6.92 Å². The third kappa shape index (κ3) is 2.56. The van der Waals surface area contributed by atoms with Crippen LogP contribution in [-0.4, -0.2) is 22.2 Å². The number of rotatable bonds is 5. The maximum Gasteiger partial charge on any atom is 0.0661 e. The summed E-state index contributed by atoms with van der Waals surface area (Å²) < 4.78 is 0. The van der Waals surface area contributed by atoms with Crippen LogP contribution in [-0.2, 0) is 0 Å². The zero-order chi connectivity index (χ0) is 14.8. The molecule has 1 aromatic carbocycles. The molecule has 0 amide bonds. The fraction of sp³-hybridized carbons (Fsp3) is 0.438. The Morgan fingerprint density at radius 1 is 1.25 bits per heavy atom. The lowest BCUT2D eigenvalue weighted by molar-refractivity contribution is 0.202. The topological polar surface area (TPSA) is 71.2 Å². The molecule has 0 aliphatic rings. The smallest absolute Gasteiger partial charge is 0.0661 e. The molecule has 1 aromatic heterocycles. The molecule has 0 saturated heterocycles. The Morgan fingerprint density at radius 3 is 2.55 bits per heavy atom. The van der Waals surface area contributed by atoms with Gasteiger partial charge in [-0.15, -0.1) is 0 Å². The first-order chi connectivity index (χ1) is 9.55. The van der Waals surface area contributed by atoms with Crippen molar-refractivity contribution in [2.75, 3.05) is 17.7 Å². The van der Waals surface area contributed by atoms with Gasteiger partial charge in [0.2, 0.25) is 0 Å². The molecule has 0 aliphatic carbocycles. The molecule has 0 aliphatic heterocycles. The quantitative estimate of drug-likeness (QED) is 0.732. The van der Waals surface area contributed by atoms with Gasteiger partial charge in [0.25, 0.3) is 0 Å². The van der Waals surface area contributed by atoms with E-state index in [4.69, 9.17) is 5.73 Å². The van der Waals surface area contributed by atoms with E-state index in [2.05, 4.69) is 24.1 Å². The standard InChI is InChI=1S/C16H23N3O/c1-4-16(5-2,10-20)19-15-7-6-14(17)13-9-18-11(3)8-12(13)15/h6-9,19-20H,4-5,10,17H2,1-3H3. The summed E-state index contributed by atoms with van der Waals surface area (Å²) in [6, 6.07) is 5.89. The fourth-order valence-electron chi connectivity index (χ4n) is 2.45. The Hall–Kier alpha value is -1.81. The van der Waals surface area contributed by atoms with Gasteiger partial charge in [0.05, 0.1) is 12.1 Å². The first-order valence-corrected chi connectivity index (χ1v) is 7.09. The number of hydrogen-bond acceptors (Lipinski definition) is 4. The summed E-state index contributed by atoms with van der Waals surface area (Å²) in [7, 11) is 0. The molecule has 2 rings (SSSR count). The van der Waals surface area contributed by atoms with Crippen molar-refractivity contribution in [2.45, 2.75) is 39.2 Å². The minimum absolute atomic E-state index is 0.107. The summed E-state index contributed by atoms with van der Waals surface area (Å²) in [5.74, 6) is 0. The number of benzene rings is 1. The Labute approximate surface area is 120 Å². The van der Waals surface area contributed by atoms with Crippen molar-refractivity contribution >= 4 is 22.1 Å². The Balaban J connectivity index is 2.54. The van der Waals surface area contributed by atoms with Crippen LogP contribution in [0.2, 0.25) is 0 Å². The average molecular weight is 273 g/mol. The molecule has 108 valence electrons. The molecule has 4 nitrogen and oxygen atoms in total. The molecule has 0 fully saturated rings. The van der Waals surface area contributed by atoms with Gasteiger partial charge < -0.3 is 16.2 Å². The third-order valence-electron chi connectivity index (χ3n) is 4.13. The molecule has 2 aromatic rings. The molecule has 4 N–H and O–H groups in total. The fourth-order valence-corrected chi connectivity index (χ4v) is 2.45. The number of aliphatic hydroxyl groups is 1. The summed E-state index contributed by atoms with van der Waals surface area (Å²) in [6.45, 7) is 6.24. The number of nitrogen functional groups attached to an aromatic ring is 1. The average Bonchev–Trinajstić information content (AvgIpc) is 2.47. The van der Waals surface area contributed by atoms with Gasteiger partial charge >= 0.3 is 0 Å². The number of nitrogens with two attached hydrogens (primary N) is 1. The number of fused-ring (bicyclic) bond motifs is 1. The predicted octanol–water partition coefficient (Wildman–Crippen LogP) is 3.09. The van der Waals surface area contributed by atoms with Crippen molar-refractivity contribution in [1.82, 2.24) is 4.98 Å². The molecule has 0 bridgehead atoms. The van der Waals surface area contributed by atoms with E-state index in [-0.39, 0.29) is 12.1 Å². The van der Waals surface area contributed by atoms with Gasteiger partial charge in [0.15, 0.2) is 0 Å². The molecule has 4 heteroatoms. The number of aliphatic hydroxyl groups excluding tert-OH is 1. The van der Waals surface area contributed by atoms with Crippen LogP contribution in [0.4, 0.5) is 11.4 Å². The van der Waals surface area contributed by atoms with Crippen LogP contribution >= 0.6 is 0 Å². The van der Waals surface area contributed by atoms with Gasteiger partial charge in [0, 0.05) is 34.0 Å². The van der Waals surface area contributed by atoms with Crippen LogP contribution in [0.1, 0.15) is 32.4 Å². The van der Waals surface area contributed by atoms with E-state index in [0.717, 1.165) is 40.7 Å². The first-order valence-electron chi connectivity index (χ1n) is 7.09. The van der Waals surface area contributed by atoms with E-state index in [1.807, 2.05) is 31.3 Å². The maximum atomic E-state index is 9.72. The summed E-state index contributed by atoms with van der Waals surface area (Å²) in [4.78, 5) is 4.31. The lowest BCUT2D eigenvalue weighted by Gasteiger charge is -2.32. The van der Waals surface area contributed by atoms with Gasteiger partial charge in [-0.25, -0.2) is 0 Å². The van der Waals surface area contributed by atoms with E-state index in [1.165, 1.54) is 0 Å². The highest BCUT2D eigenvalue weighted by Gasteiger charge is 2.25. The zero-order valence-corrected chi connectivity index (χ0v) is 12.4.